The van der Waals surface area contributed by atoms with E-state index in [4.69, 9.17) is 4.74 Å². The van der Waals surface area contributed by atoms with Crippen LogP contribution in [0.25, 0.3) is 0 Å². The van der Waals surface area contributed by atoms with Crippen LogP contribution in [0.5, 0.6) is 5.75 Å². The molecule has 0 unspecified atom stereocenters. The average Bonchev–Trinajstić information content (AvgIpc) is 3.04. The van der Waals surface area contributed by atoms with E-state index >= 15 is 0 Å². The normalized spacial score (nSPS) is 11.1. The number of amides is 2. The van der Waals surface area contributed by atoms with E-state index in [0.29, 0.717) is 36.8 Å². The third kappa shape index (κ3) is 26.3. The SMILES string of the molecule is CCCCCCCCCCC(=O)Nc1cc(OCCCCCCCCCCCCS)cc(NC(=O)CCCCCCCCCC)n1. The standard InChI is InChI=1S/C39H71N3O3S/c1-3-5-7-9-11-17-21-25-29-38(43)41-36-33-35(45-31-27-23-19-15-13-14-16-20-24-28-32-46)34-37(40-36)42-39(44)30-26-22-18-12-10-8-6-4-2/h33-34,46H,3-32H2,1-2H3,(H2,40,41,42,43,44). The molecule has 2 N–H and O–H groups in total. The van der Waals surface area contributed by atoms with Crippen LogP contribution in [-0.4, -0.2) is 29.2 Å². The number of nitrogens with zero attached hydrogens (tertiary/aromatic N) is 1. The molecule has 0 saturated heterocycles. The molecule has 0 saturated carbocycles. The molecule has 266 valence electrons. The van der Waals surface area contributed by atoms with Gasteiger partial charge in [0, 0.05) is 25.0 Å². The molecule has 0 spiro atoms. The van der Waals surface area contributed by atoms with Crippen molar-refractivity contribution < 1.29 is 14.3 Å². The van der Waals surface area contributed by atoms with Gasteiger partial charge < -0.3 is 15.4 Å². The fourth-order valence-electron chi connectivity index (χ4n) is 5.78. The van der Waals surface area contributed by atoms with Crippen LogP contribution in [0.3, 0.4) is 0 Å². The van der Waals surface area contributed by atoms with Crippen molar-refractivity contribution in [2.24, 2.45) is 0 Å². The topological polar surface area (TPSA) is 80.3 Å². The van der Waals surface area contributed by atoms with Gasteiger partial charge >= 0.3 is 0 Å². The summed E-state index contributed by atoms with van der Waals surface area (Å²) in [5, 5.41) is 5.91. The molecule has 6 nitrogen and oxygen atoms in total. The number of nitrogens with one attached hydrogen (secondary N) is 2. The maximum Gasteiger partial charge on any atom is 0.225 e. The minimum atomic E-state index is -0.0337. The molecular weight excluding hydrogens is 591 g/mol. The molecule has 0 aliphatic carbocycles. The van der Waals surface area contributed by atoms with Gasteiger partial charge in [-0.2, -0.15) is 12.6 Å². The molecule has 0 aliphatic heterocycles. The first-order valence-electron chi connectivity index (χ1n) is 19.4. The maximum absolute atomic E-state index is 12.7. The van der Waals surface area contributed by atoms with Crippen LogP contribution in [0, 0.1) is 0 Å². The number of hydrogen-bond donors (Lipinski definition) is 3. The maximum atomic E-state index is 12.7. The number of aromatic nitrogens is 1. The van der Waals surface area contributed by atoms with Crippen LogP contribution in [0.1, 0.15) is 194 Å². The summed E-state index contributed by atoms with van der Waals surface area (Å²) < 4.78 is 6.09. The third-order valence-corrected chi connectivity index (χ3v) is 8.99. The molecule has 0 bridgehead atoms. The highest BCUT2D eigenvalue weighted by Crippen LogP contribution is 2.23. The third-order valence-electron chi connectivity index (χ3n) is 8.67. The Morgan fingerprint density at radius 2 is 0.891 bits per heavy atom. The summed E-state index contributed by atoms with van der Waals surface area (Å²) in [6.45, 7) is 5.09. The monoisotopic (exact) mass is 662 g/mol. The zero-order chi connectivity index (χ0) is 33.3. The van der Waals surface area contributed by atoms with Crippen LogP contribution in [0.2, 0.25) is 0 Å². The summed E-state index contributed by atoms with van der Waals surface area (Å²) in [6.07, 6.45) is 32.7. The lowest BCUT2D eigenvalue weighted by atomic mass is 10.1. The van der Waals surface area contributed by atoms with Gasteiger partial charge in [0.15, 0.2) is 0 Å². The zero-order valence-electron chi connectivity index (χ0n) is 30.0. The first kappa shape index (κ1) is 42.3. The molecule has 46 heavy (non-hydrogen) atoms. The molecule has 7 heteroatoms. The Balaban J connectivity index is 2.49. The summed E-state index contributed by atoms with van der Waals surface area (Å²) in [5.41, 5.74) is 0. The van der Waals surface area contributed by atoms with E-state index in [9.17, 15) is 9.59 Å². The fraction of sp³-hybridized carbons (Fsp3) is 0.821. The van der Waals surface area contributed by atoms with Crippen molar-refractivity contribution in [3.63, 3.8) is 0 Å². The van der Waals surface area contributed by atoms with Gasteiger partial charge in [-0.25, -0.2) is 4.98 Å². The van der Waals surface area contributed by atoms with Crippen molar-refractivity contribution in [2.75, 3.05) is 23.0 Å². The largest absolute Gasteiger partial charge is 0.493 e. The fourth-order valence-corrected chi connectivity index (χ4v) is 6.01. The van der Waals surface area contributed by atoms with Crippen LogP contribution in [-0.2, 0) is 9.59 Å². The van der Waals surface area contributed by atoms with Crippen molar-refractivity contribution in [1.82, 2.24) is 4.98 Å². The summed E-state index contributed by atoms with van der Waals surface area (Å²) in [6, 6.07) is 3.57. The average molecular weight is 662 g/mol. The molecule has 0 atom stereocenters. The zero-order valence-corrected chi connectivity index (χ0v) is 30.9. The number of unbranched alkanes of at least 4 members (excludes halogenated alkanes) is 23. The lowest BCUT2D eigenvalue weighted by Gasteiger charge is -2.12. The first-order chi connectivity index (χ1) is 22.6. The van der Waals surface area contributed by atoms with Gasteiger partial charge in [-0.05, 0) is 31.4 Å². The second-order valence-corrected chi connectivity index (χ2v) is 13.7. The number of carbonyl (C=O) groups excluding carboxylic acids is 2. The van der Waals surface area contributed by atoms with Crippen molar-refractivity contribution in [3.05, 3.63) is 12.1 Å². The molecule has 1 aromatic heterocycles. The first-order valence-corrected chi connectivity index (χ1v) is 20.1. The lowest BCUT2D eigenvalue weighted by Crippen LogP contribution is -2.16. The number of rotatable bonds is 33. The van der Waals surface area contributed by atoms with Crippen LogP contribution < -0.4 is 15.4 Å². The van der Waals surface area contributed by atoms with E-state index in [-0.39, 0.29) is 11.8 Å². The minimum absolute atomic E-state index is 0.0337. The highest BCUT2D eigenvalue weighted by atomic mass is 32.1. The number of pyridine rings is 1. The number of anilines is 2. The molecule has 1 heterocycles. The summed E-state index contributed by atoms with van der Waals surface area (Å²) >= 11 is 4.28. The Bertz CT molecular complexity index is 815. The highest BCUT2D eigenvalue weighted by Gasteiger charge is 2.11. The van der Waals surface area contributed by atoms with Gasteiger partial charge in [0.25, 0.3) is 0 Å². The second-order valence-electron chi connectivity index (χ2n) is 13.2. The molecule has 0 fully saturated rings. The predicted octanol–water partition coefficient (Wildman–Crippen LogP) is 12.2. The number of thiol groups is 1. The quantitative estimate of drug-likeness (QED) is 0.0517. The molecule has 0 aromatic carbocycles. The number of hydrogen-bond acceptors (Lipinski definition) is 5. The van der Waals surface area contributed by atoms with Gasteiger partial charge in [0.1, 0.15) is 17.4 Å². The molecule has 2 amide bonds. The molecule has 0 radical (unpaired) electrons. The molecule has 1 aromatic rings. The van der Waals surface area contributed by atoms with Gasteiger partial charge in [-0.15, -0.1) is 0 Å². The van der Waals surface area contributed by atoms with E-state index in [2.05, 4.69) is 42.1 Å². The Labute approximate surface area is 289 Å². The minimum Gasteiger partial charge on any atom is -0.493 e. The van der Waals surface area contributed by atoms with Crippen LogP contribution in [0.15, 0.2) is 12.1 Å². The summed E-state index contributed by atoms with van der Waals surface area (Å²) in [4.78, 5) is 30.0. The van der Waals surface area contributed by atoms with Crippen molar-refractivity contribution in [1.29, 1.82) is 0 Å². The smallest absolute Gasteiger partial charge is 0.225 e. The Morgan fingerprint density at radius 3 is 1.28 bits per heavy atom. The van der Waals surface area contributed by atoms with E-state index in [1.807, 2.05) is 0 Å². The Morgan fingerprint density at radius 1 is 0.543 bits per heavy atom. The van der Waals surface area contributed by atoms with E-state index in [1.54, 1.807) is 12.1 Å². The lowest BCUT2D eigenvalue weighted by molar-refractivity contribution is -0.117. The molecule has 1 rings (SSSR count). The number of carbonyl (C=O) groups is 2. The van der Waals surface area contributed by atoms with Gasteiger partial charge in [0.2, 0.25) is 11.8 Å². The van der Waals surface area contributed by atoms with Crippen molar-refractivity contribution >= 4 is 36.1 Å². The Hall–Kier alpha value is -1.76. The van der Waals surface area contributed by atoms with E-state index < -0.39 is 0 Å². The van der Waals surface area contributed by atoms with E-state index in [0.717, 1.165) is 44.3 Å². The van der Waals surface area contributed by atoms with E-state index in [1.165, 1.54) is 128 Å². The van der Waals surface area contributed by atoms with Gasteiger partial charge in [-0.3, -0.25) is 9.59 Å². The summed E-state index contributed by atoms with van der Waals surface area (Å²) in [5.74, 6) is 2.47. The van der Waals surface area contributed by atoms with Crippen LogP contribution >= 0.6 is 12.6 Å². The second kappa shape index (κ2) is 31.8. The summed E-state index contributed by atoms with van der Waals surface area (Å²) in [7, 11) is 0. The van der Waals surface area contributed by atoms with Crippen molar-refractivity contribution in [3.8, 4) is 5.75 Å². The van der Waals surface area contributed by atoms with Gasteiger partial charge in [0.05, 0.1) is 6.61 Å². The van der Waals surface area contributed by atoms with Crippen LogP contribution in [0.4, 0.5) is 11.6 Å². The predicted molar refractivity (Wildman–Crippen MR) is 201 cm³/mol. The Kier molecular flexibility index (Phi) is 29.2. The molecular formula is C39H71N3O3S. The highest BCUT2D eigenvalue weighted by molar-refractivity contribution is 7.80. The number of ether oxygens (including phenoxy) is 1. The van der Waals surface area contributed by atoms with Crippen molar-refractivity contribution in [2.45, 2.75) is 194 Å². The van der Waals surface area contributed by atoms with Gasteiger partial charge in [-0.1, -0.05) is 155 Å². The molecule has 0 aliphatic rings.